The molecular formula is C25H28N2O10. The lowest BCUT2D eigenvalue weighted by molar-refractivity contribution is -0.293. The molecule has 1 saturated heterocycles. The number of ether oxygens (including phenoxy) is 4. The summed E-state index contributed by atoms with van der Waals surface area (Å²) < 4.78 is 21.3. The lowest BCUT2D eigenvalue weighted by Gasteiger charge is -2.41. The number of aliphatic hydroxyl groups excluding tert-OH is 2. The van der Waals surface area contributed by atoms with Crippen molar-refractivity contribution >= 4 is 35.1 Å². The van der Waals surface area contributed by atoms with Crippen LogP contribution >= 0.6 is 0 Å². The molecule has 4 N–H and O–H groups in total. The minimum atomic E-state index is -1.61. The first-order valence-electron chi connectivity index (χ1n) is 11.3. The van der Waals surface area contributed by atoms with E-state index >= 15 is 0 Å². The smallest absolute Gasteiger partial charge is 0.338 e. The van der Waals surface area contributed by atoms with Crippen LogP contribution in [0.25, 0.3) is 0 Å². The summed E-state index contributed by atoms with van der Waals surface area (Å²) in [4.78, 5) is 47.2. The molecule has 3 rings (SSSR count). The highest BCUT2D eigenvalue weighted by atomic mass is 16.7. The van der Waals surface area contributed by atoms with E-state index < -0.39 is 49.3 Å². The predicted octanol–water partition coefficient (Wildman–Crippen LogP) is 1.08. The van der Waals surface area contributed by atoms with Crippen molar-refractivity contribution in [2.75, 3.05) is 24.4 Å². The first-order chi connectivity index (χ1) is 17.6. The van der Waals surface area contributed by atoms with Crippen molar-refractivity contribution in [1.82, 2.24) is 0 Å². The summed E-state index contributed by atoms with van der Waals surface area (Å²) in [6, 6.07) is 11.8. The number of benzene rings is 2. The van der Waals surface area contributed by atoms with Crippen molar-refractivity contribution < 1.29 is 48.3 Å². The van der Waals surface area contributed by atoms with E-state index in [0.29, 0.717) is 11.4 Å². The second kappa shape index (κ2) is 12.4. The van der Waals surface area contributed by atoms with Crippen molar-refractivity contribution in [3.05, 3.63) is 59.7 Å². The van der Waals surface area contributed by atoms with Crippen LogP contribution in [0.15, 0.2) is 48.5 Å². The quantitative estimate of drug-likeness (QED) is 0.372. The first kappa shape index (κ1) is 27.7. The van der Waals surface area contributed by atoms with E-state index in [9.17, 15) is 29.4 Å². The number of amides is 2. The van der Waals surface area contributed by atoms with Crippen LogP contribution in [0.1, 0.15) is 34.6 Å². The number of methoxy groups -OCH3 is 1. The fourth-order valence-corrected chi connectivity index (χ4v) is 3.58. The average Bonchev–Trinajstić information content (AvgIpc) is 2.86. The van der Waals surface area contributed by atoms with Crippen molar-refractivity contribution in [3.8, 4) is 0 Å². The number of nitrogens with one attached hydrogen (secondary N) is 2. The zero-order valence-corrected chi connectivity index (χ0v) is 20.4. The number of hydrogen-bond acceptors (Lipinski definition) is 10. The molecule has 5 atom stereocenters. The van der Waals surface area contributed by atoms with Gasteiger partial charge in [0.15, 0.2) is 12.4 Å². The third-order valence-electron chi connectivity index (χ3n) is 5.38. The van der Waals surface area contributed by atoms with Crippen LogP contribution in [-0.4, -0.2) is 78.4 Å². The molecule has 12 heteroatoms. The molecule has 1 aliphatic heterocycles. The molecular weight excluding hydrogens is 488 g/mol. The van der Waals surface area contributed by atoms with E-state index in [1.54, 1.807) is 0 Å². The molecule has 0 aromatic heterocycles. The topological polar surface area (TPSA) is 170 Å². The molecule has 1 aliphatic rings. The molecule has 1 fully saturated rings. The molecule has 1 heterocycles. The van der Waals surface area contributed by atoms with E-state index in [1.165, 1.54) is 69.5 Å². The van der Waals surface area contributed by atoms with E-state index in [1.807, 2.05) is 0 Å². The van der Waals surface area contributed by atoms with Crippen LogP contribution in [0.4, 0.5) is 11.4 Å². The van der Waals surface area contributed by atoms with Gasteiger partial charge in [0.1, 0.15) is 24.9 Å². The standard InChI is InChI=1S/C25H28N2O10/c1-13(28)26-17-8-4-15(5-9-17)23(32)35-12-19-20(30)21(31)22(25(34-3)36-19)37-24(33)16-6-10-18(11-7-16)27-14(2)29/h4-11,19-22,25,30-31H,12H2,1-3H3,(H,26,28)(H,27,29)/t19-,20-,21+,22-,25+/m1/s1. The monoisotopic (exact) mass is 516 g/mol. The van der Waals surface area contributed by atoms with Crippen LogP contribution in [0, 0.1) is 0 Å². The van der Waals surface area contributed by atoms with Crippen molar-refractivity contribution in [3.63, 3.8) is 0 Å². The summed E-state index contributed by atoms with van der Waals surface area (Å²) in [6.07, 6.45) is -6.99. The summed E-state index contributed by atoms with van der Waals surface area (Å²) in [5.41, 5.74) is 1.31. The van der Waals surface area contributed by atoms with Gasteiger partial charge in [-0.2, -0.15) is 0 Å². The highest BCUT2D eigenvalue weighted by Crippen LogP contribution is 2.26. The Kier molecular flexibility index (Phi) is 9.31. The summed E-state index contributed by atoms with van der Waals surface area (Å²) in [5.74, 6) is -2.06. The van der Waals surface area contributed by atoms with Gasteiger partial charge >= 0.3 is 11.9 Å². The average molecular weight is 517 g/mol. The summed E-state index contributed by atoms with van der Waals surface area (Å²) in [5, 5.41) is 26.3. The van der Waals surface area contributed by atoms with Crippen molar-refractivity contribution in [1.29, 1.82) is 0 Å². The Balaban J connectivity index is 1.59. The van der Waals surface area contributed by atoms with Gasteiger partial charge in [0, 0.05) is 32.3 Å². The van der Waals surface area contributed by atoms with Gasteiger partial charge in [-0.3, -0.25) is 9.59 Å². The van der Waals surface area contributed by atoms with Gasteiger partial charge in [-0.05, 0) is 48.5 Å². The van der Waals surface area contributed by atoms with Crippen LogP contribution in [0.2, 0.25) is 0 Å². The first-order valence-corrected chi connectivity index (χ1v) is 11.3. The van der Waals surface area contributed by atoms with Gasteiger partial charge in [-0.1, -0.05) is 0 Å². The van der Waals surface area contributed by atoms with E-state index in [4.69, 9.17) is 18.9 Å². The third-order valence-corrected chi connectivity index (χ3v) is 5.38. The van der Waals surface area contributed by atoms with E-state index in [0.717, 1.165) is 0 Å². The van der Waals surface area contributed by atoms with Gasteiger partial charge in [-0.15, -0.1) is 0 Å². The normalized spacial score (nSPS) is 23.0. The predicted molar refractivity (Wildman–Crippen MR) is 129 cm³/mol. The molecule has 0 bridgehead atoms. The number of hydrogen-bond donors (Lipinski definition) is 4. The molecule has 0 spiro atoms. The molecule has 0 aliphatic carbocycles. The van der Waals surface area contributed by atoms with E-state index in [2.05, 4.69) is 10.6 Å². The summed E-state index contributed by atoms with van der Waals surface area (Å²) in [7, 11) is 1.26. The molecule has 2 amide bonds. The van der Waals surface area contributed by atoms with Gasteiger partial charge in [0.05, 0.1) is 11.1 Å². The van der Waals surface area contributed by atoms with Crippen molar-refractivity contribution in [2.45, 2.75) is 44.6 Å². The Morgan fingerprint density at radius 2 is 1.30 bits per heavy atom. The maximum Gasteiger partial charge on any atom is 0.338 e. The number of anilines is 2. The zero-order valence-electron chi connectivity index (χ0n) is 20.4. The van der Waals surface area contributed by atoms with Gasteiger partial charge in [-0.25, -0.2) is 9.59 Å². The molecule has 0 saturated carbocycles. The molecule has 2 aromatic carbocycles. The minimum Gasteiger partial charge on any atom is -0.459 e. The van der Waals surface area contributed by atoms with Crippen LogP contribution in [0.3, 0.4) is 0 Å². The largest absolute Gasteiger partial charge is 0.459 e. The highest BCUT2D eigenvalue weighted by Gasteiger charge is 2.47. The van der Waals surface area contributed by atoms with Crippen molar-refractivity contribution in [2.24, 2.45) is 0 Å². The second-order valence-electron chi connectivity index (χ2n) is 8.25. The Bertz CT molecular complexity index is 1120. The second-order valence-corrected chi connectivity index (χ2v) is 8.25. The molecule has 198 valence electrons. The number of carbonyl (C=O) groups is 4. The summed E-state index contributed by atoms with van der Waals surface area (Å²) in [6.45, 7) is 2.29. The lowest BCUT2D eigenvalue weighted by atomic mass is 9.99. The fourth-order valence-electron chi connectivity index (χ4n) is 3.58. The minimum absolute atomic E-state index is 0.131. The highest BCUT2D eigenvalue weighted by molar-refractivity contribution is 5.93. The van der Waals surface area contributed by atoms with Crippen LogP contribution in [0.5, 0.6) is 0 Å². The number of carbonyl (C=O) groups excluding carboxylic acids is 4. The molecule has 12 nitrogen and oxygen atoms in total. The van der Waals surface area contributed by atoms with Crippen LogP contribution in [-0.2, 0) is 28.5 Å². The molecule has 0 unspecified atom stereocenters. The molecule has 0 radical (unpaired) electrons. The van der Waals surface area contributed by atoms with E-state index in [-0.39, 0.29) is 22.9 Å². The molecule has 37 heavy (non-hydrogen) atoms. The van der Waals surface area contributed by atoms with Crippen LogP contribution < -0.4 is 10.6 Å². The SMILES string of the molecule is CO[C@H]1O[C@H](COC(=O)c2ccc(NC(C)=O)cc2)[C@@H](O)[C@H](O)[C@H]1OC(=O)c1ccc(NC(C)=O)cc1. The fraction of sp³-hybridized carbons (Fsp3) is 0.360. The third kappa shape index (κ3) is 7.33. The summed E-state index contributed by atoms with van der Waals surface area (Å²) >= 11 is 0. The number of esters is 2. The number of rotatable bonds is 8. The molecule has 2 aromatic rings. The maximum absolute atomic E-state index is 12.6. The zero-order chi connectivity index (χ0) is 27.1. The Morgan fingerprint density at radius 1 is 0.811 bits per heavy atom. The number of aliphatic hydroxyl groups is 2. The lowest BCUT2D eigenvalue weighted by Crippen LogP contribution is -2.60. The Morgan fingerprint density at radius 3 is 1.76 bits per heavy atom. The van der Waals surface area contributed by atoms with Gasteiger partial charge in [0.25, 0.3) is 0 Å². The van der Waals surface area contributed by atoms with Gasteiger partial charge < -0.3 is 39.8 Å². The van der Waals surface area contributed by atoms with Gasteiger partial charge in [0.2, 0.25) is 11.8 Å². The Labute approximate surface area is 212 Å². The Hall–Kier alpha value is -3.84. The maximum atomic E-state index is 12.6.